The van der Waals surface area contributed by atoms with Gasteiger partial charge in [0.15, 0.2) is 0 Å². The molecule has 3 N–H and O–H groups in total. The van der Waals surface area contributed by atoms with Gasteiger partial charge in [0.1, 0.15) is 0 Å². The monoisotopic (exact) mass is 232 g/mol. The van der Waals surface area contributed by atoms with Crippen molar-refractivity contribution < 1.29 is 4.79 Å². The first-order valence-corrected chi connectivity index (χ1v) is 5.02. The molecule has 2 rings (SSSR count). The molecule has 0 fully saturated rings. The van der Waals surface area contributed by atoms with Gasteiger partial charge in [-0.25, -0.2) is 0 Å². The van der Waals surface area contributed by atoms with E-state index >= 15 is 0 Å². The minimum absolute atomic E-state index is 0.196. The summed E-state index contributed by atoms with van der Waals surface area (Å²) >= 11 is 0. The van der Waals surface area contributed by atoms with Crippen LogP contribution in [0.4, 0.5) is 11.6 Å². The molecule has 88 valence electrons. The average molecular weight is 232 g/mol. The number of benzene rings is 1. The van der Waals surface area contributed by atoms with E-state index in [1.54, 1.807) is 25.2 Å². The molecular formula is C10H12N6O. The third-order valence-corrected chi connectivity index (χ3v) is 2.08. The van der Waals surface area contributed by atoms with Crippen LogP contribution in [0.2, 0.25) is 0 Å². The largest absolute Gasteiger partial charge is 0.399 e. The Morgan fingerprint density at radius 2 is 2.35 bits per heavy atom. The highest BCUT2D eigenvalue weighted by Crippen LogP contribution is 2.07. The van der Waals surface area contributed by atoms with E-state index in [1.165, 1.54) is 4.80 Å². The Hall–Kier alpha value is -2.44. The van der Waals surface area contributed by atoms with Gasteiger partial charge in [0.25, 0.3) is 5.95 Å². The predicted octanol–water partition coefficient (Wildman–Crippen LogP) is -0.0265. The number of carbonyl (C=O) groups is 1. The van der Waals surface area contributed by atoms with Crippen molar-refractivity contribution in [1.29, 1.82) is 0 Å². The van der Waals surface area contributed by atoms with Crippen LogP contribution in [0.1, 0.15) is 5.56 Å². The van der Waals surface area contributed by atoms with Crippen LogP contribution in [0.25, 0.3) is 0 Å². The zero-order valence-electron chi connectivity index (χ0n) is 9.29. The molecule has 2 aromatic rings. The number of hydrogen-bond acceptors (Lipinski definition) is 5. The van der Waals surface area contributed by atoms with Crippen molar-refractivity contribution in [2.75, 3.05) is 11.1 Å². The molecule has 17 heavy (non-hydrogen) atoms. The maximum absolute atomic E-state index is 11.6. The van der Waals surface area contributed by atoms with Gasteiger partial charge in [0, 0.05) is 5.69 Å². The lowest BCUT2D eigenvalue weighted by Gasteiger charge is -2.01. The molecule has 0 saturated carbocycles. The molecule has 0 bridgehead atoms. The highest BCUT2D eigenvalue weighted by atomic mass is 16.1. The lowest BCUT2D eigenvalue weighted by molar-refractivity contribution is -0.115. The van der Waals surface area contributed by atoms with Gasteiger partial charge in [-0.1, -0.05) is 17.2 Å². The smallest absolute Gasteiger partial charge is 0.270 e. The number of hydrogen-bond donors (Lipinski definition) is 2. The number of carbonyl (C=O) groups excluding carboxylic acids is 1. The van der Waals surface area contributed by atoms with Crippen molar-refractivity contribution in [2.24, 2.45) is 7.05 Å². The first kappa shape index (κ1) is 11.1. The Labute approximate surface area is 97.6 Å². The highest BCUT2D eigenvalue weighted by Gasteiger charge is 2.07. The van der Waals surface area contributed by atoms with Crippen molar-refractivity contribution in [1.82, 2.24) is 20.2 Å². The zero-order chi connectivity index (χ0) is 12.3. The molecule has 7 nitrogen and oxygen atoms in total. The topological polar surface area (TPSA) is 98.7 Å². The minimum Gasteiger partial charge on any atom is -0.399 e. The molecule has 0 aliphatic heterocycles. The standard InChI is InChI=1S/C10H12N6O/c1-16-14-10(13-15-16)12-9(17)6-7-3-2-4-8(11)5-7/h2-5H,6,11H2,1H3,(H,12,14,17). The first-order valence-electron chi connectivity index (χ1n) is 5.02. The van der Waals surface area contributed by atoms with Crippen molar-refractivity contribution in [3.8, 4) is 0 Å². The summed E-state index contributed by atoms with van der Waals surface area (Å²) in [4.78, 5) is 12.9. The van der Waals surface area contributed by atoms with Crippen LogP contribution < -0.4 is 11.1 Å². The van der Waals surface area contributed by atoms with Gasteiger partial charge in [-0.3, -0.25) is 10.1 Å². The molecule has 1 heterocycles. The Morgan fingerprint density at radius 1 is 1.53 bits per heavy atom. The van der Waals surface area contributed by atoms with Crippen LogP contribution >= 0.6 is 0 Å². The number of nitrogens with two attached hydrogens (primary N) is 1. The van der Waals surface area contributed by atoms with Gasteiger partial charge in [-0.05, 0) is 22.9 Å². The van der Waals surface area contributed by atoms with Crippen LogP contribution in [0.3, 0.4) is 0 Å². The summed E-state index contributed by atoms with van der Waals surface area (Å²) in [7, 11) is 1.63. The van der Waals surface area contributed by atoms with Crippen molar-refractivity contribution in [2.45, 2.75) is 6.42 Å². The Kier molecular flexibility index (Phi) is 2.99. The lowest BCUT2D eigenvalue weighted by atomic mass is 10.1. The number of aromatic nitrogens is 4. The number of rotatable bonds is 3. The number of nitrogens with one attached hydrogen (secondary N) is 1. The number of anilines is 2. The number of amides is 1. The van der Waals surface area contributed by atoms with E-state index in [2.05, 4.69) is 20.7 Å². The number of tetrazole rings is 1. The summed E-state index contributed by atoms with van der Waals surface area (Å²) in [6, 6.07) is 7.16. The van der Waals surface area contributed by atoms with Crippen LogP contribution in [0.5, 0.6) is 0 Å². The zero-order valence-corrected chi connectivity index (χ0v) is 9.29. The van der Waals surface area contributed by atoms with Crippen molar-refractivity contribution in [3.63, 3.8) is 0 Å². The summed E-state index contributed by atoms with van der Waals surface area (Å²) in [6.45, 7) is 0. The molecule has 0 aliphatic rings. The third-order valence-electron chi connectivity index (χ3n) is 2.08. The van der Waals surface area contributed by atoms with Crippen LogP contribution in [-0.2, 0) is 18.3 Å². The Balaban J connectivity index is 1.98. The molecule has 0 saturated heterocycles. The maximum atomic E-state index is 11.6. The molecular weight excluding hydrogens is 220 g/mol. The molecule has 1 aromatic heterocycles. The van der Waals surface area contributed by atoms with Gasteiger partial charge in [-0.15, -0.1) is 5.10 Å². The van der Waals surface area contributed by atoms with E-state index in [-0.39, 0.29) is 18.3 Å². The van der Waals surface area contributed by atoms with Crippen molar-refractivity contribution >= 4 is 17.5 Å². The summed E-state index contributed by atoms with van der Waals surface area (Å²) < 4.78 is 0. The van der Waals surface area contributed by atoms with Gasteiger partial charge in [-0.2, -0.15) is 4.80 Å². The predicted molar refractivity (Wildman–Crippen MR) is 62.0 cm³/mol. The molecule has 7 heteroatoms. The van der Waals surface area contributed by atoms with Crippen LogP contribution in [0.15, 0.2) is 24.3 Å². The number of aryl methyl sites for hydroxylation is 1. The second-order valence-corrected chi connectivity index (χ2v) is 3.57. The summed E-state index contributed by atoms with van der Waals surface area (Å²) in [5.41, 5.74) is 7.09. The van der Waals surface area contributed by atoms with E-state index in [0.717, 1.165) is 5.56 Å². The normalized spacial score (nSPS) is 10.2. The Morgan fingerprint density at radius 3 is 3.00 bits per heavy atom. The molecule has 0 radical (unpaired) electrons. The lowest BCUT2D eigenvalue weighted by Crippen LogP contribution is -2.15. The van der Waals surface area contributed by atoms with Gasteiger partial charge >= 0.3 is 0 Å². The highest BCUT2D eigenvalue weighted by molar-refractivity contribution is 5.90. The maximum Gasteiger partial charge on any atom is 0.270 e. The summed E-state index contributed by atoms with van der Waals surface area (Å²) in [5.74, 6) is -0.00926. The fraction of sp³-hybridized carbons (Fsp3) is 0.200. The summed E-state index contributed by atoms with van der Waals surface area (Å²) in [6.07, 6.45) is 0.225. The van der Waals surface area contributed by atoms with E-state index < -0.39 is 0 Å². The second-order valence-electron chi connectivity index (χ2n) is 3.57. The van der Waals surface area contributed by atoms with Crippen molar-refractivity contribution in [3.05, 3.63) is 29.8 Å². The van der Waals surface area contributed by atoms with Crippen LogP contribution in [-0.4, -0.2) is 26.1 Å². The molecule has 0 aliphatic carbocycles. The van der Waals surface area contributed by atoms with Crippen LogP contribution in [0, 0.1) is 0 Å². The summed E-state index contributed by atoms with van der Waals surface area (Å²) in [5, 5.41) is 13.7. The van der Waals surface area contributed by atoms with Gasteiger partial charge in [0.2, 0.25) is 5.91 Å². The van der Waals surface area contributed by atoms with E-state index in [0.29, 0.717) is 5.69 Å². The fourth-order valence-electron chi connectivity index (χ4n) is 1.39. The average Bonchev–Trinajstić information content (AvgIpc) is 2.63. The van der Waals surface area contributed by atoms with Gasteiger partial charge < -0.3 is 5.73 Å². The number of nitrogens with zero attached hydrogens (tertiary/aromatic N) is 4. The molecule has 0 spiro atoms. The third kappa shape index (κ3) is 3.00. The molecule has 1 amide bonds. The second kappa shape index (κ2) is 4.60. The van der Waals surface area contributed by atoms with E-state index in [4.69, 9.17) is 5.73 Å². The first-order chi connectivity index (χ1) is 8.13. The number of nitrogen functional groups attached to an aromatic ring is 1. The van der Waals surface area contributed by atoms with E-state index in [9.17, 15) is 4.79 Å². The van der Waals surface area contributed by atoms with Gasteiger partial charge in [0.05, 0.1) is 13.5 Å². The Bertz CT molecular complexity index is 535. The minimum atomic E-state index is -0.205. The quantitative estimate of drug-likeness (QED) is 0.724. The molecule has 1 aromatic carbocycles. The molecule has 0 unspecified atom stereocenters. The SMILES string of the molecule is Cn1nnc(NC(=O)Cc2cccc(N)c2)n1. The fourth-order valence-corrected chi connectivity index (χ4v) is 1.39. The van der Waals surface area contributed by atoms with E-state index in [1.807, 2.05) is 6.07 Å². The molecule has 0 atom stereocenters.